The number of amides is 1. The van der Waals surface area contributed by atoms with E-state index in [0.717, 1.165) is 0 Å². The van der Waals surface area contributed by atoms with Crippen molar-refractivity contribution < 1.29 is 4.79 Å². The van der Waals surface area contributed by atoms with Crippen molar-refractivity contribution >= 4 is 23.8 Å². The lowest BCUT2D eigenvalue weighted by atomic mass is 10.3. The lowest BCUT2D eigenvalue weighted by Gasteiger charge is -2.24. The highest BCUT2D eigenvalue weighted by Gasteiger charge is 2.26. The Hall–Kier alpha value is -2.63. The Morgan fingerprint density at radius 1 is 1.22 bits per heavy atom. The molecule has 0 unspecified atom stereocenters. The molecule has 0 saturated heterocycles. The fourth-order valence-electron chi connectivity index (χ4n) is 1.82. The van der Waals surface area contributed by atoms with E-state index in [1.165, 1.54) is 9.80 Å². The summed E-state index contributed by atoms with van der Waals surface area (Å²) in [5.41, 5.74) is 0. The fourth-order valence-corrected chi connectivity index (χ4v) is 1.82. The molecule has 1 heterocycles. The summed E-state index contributed by atoms with van der Waals surface area (Å²) in [6.07, 6.45) is 1.98. The first-order chi connectivity index (χ1) is 10.8. The van der Waals surface area contributed by atoms with E-state index in [1.54, 1.807) is 21.0 Å². The Balaban J connectivity index is 3.23. The lowest BCUT2D eigenvalue weighted by molar-refractivity contribution is -0.129. The average molecular weight is 320 g/mol. The van der Waals surface area contributed by atoms with E-state index in [1.807, 2.05) is 27.0 Å². The molecular weight excluding hydrogens is 296 g/mol. The Bertz CT molecular complexity index is 581. The molecule has 1 atom stereocenters. The van der Waals surface area contributed by atoms with E-state index in [-0.39, 0.29) is 17.9 Å². The van der Waals surface area contributed by atoms with Crippen molar-refractivity contribution in [2.24, 2.45) is 0 Å². The van der Waals surface area contributed by atoms with E-state index in [9.17, 15) is 10.1 Å². The molecule has 2 N–H and O–H groups in total. The number of carbonyl (C=O) groups is 1. The monoisotopic (exact) mass is 320 g/mol. The number of rotatable bonds is 7. The molecule has 9 heteroatoms. The normalized spacial score (nSPS) is 11.6. The number of carbonyl (C=O) groups excluding carboxylic acids is 1. The van der Waals surface area contributed by atoms with Crippen LogP contribution in [-0.2, 0) is 4.79 Å². The fraction of sp³-hybridized carbons (Fsp3) is 0.643. The number of nitrogens with one attached hydrogen (secondary N) is 2. The van der Waals surface area contributed by atoms with E-state index in [4.69, 9.17) is 0 Å². The maximum atomic E-state index is 12.1. The molecule has 1 aromatic heterocycles. The Kier molecular flexibility index (Phi) is 6.50. The molecule has 23 heavy (non-hydrogen) atoms. The van der Waals surface area contributed by atoms with Crippen LogP contribution in [0, 0.1) is 11.5 Å². The van der Waals surface area contributed by atoms with Crippen molar-refractivity contribution in [2.75, 3.05) is 36.2 Å². The molecule has 126 valence electrons. The molecule has 0 aliphatic carbocycles. The number of anilines is 3. The Morgan fingerprint density at radius 2 is 1.83 bits per heavy atom. The van der Waals surface area contributed by atoms with Gasteiger partial charge in [-0.25, -0.2) is 4.90 Å². The van der Waals surface area contributed by atoms with Crippen LogP contribution in [0.1, 0.15) is 27.7 Å². The quantitative estimate of drug-likeness (QED) is 0.563. The summed E-state index contributed by atoms with van der Waals surface area (Å²) >= 11 is 0. The van der Waals surface area contributed by atoms with Gasteiger partial charge in [-0.3, -0.25) is 4.79 Å². The minimum Gasteiger partial charge on any atom is -0.354 e. The molecular formula is C14H24N8O. The largest absolute Gasteiger partial charge is 0.354 e. The number of hydrogen-bond acceptors (Lipinski definition) is 8. The van der Waals surface area contributed by atoms with E-state index in [2.05, 4.69) is 25.6 Å². The highest BCUT2D eigenvalue weighted by molar-refractivity contribution is 5.84. The molecule has 0 radical (unpaired) electrons. The first-order valence-electron chi connectivity index (χ1n) is 7.46. The molecule has 0 aromatic carbocycles. The minimum absolute atomic E-state index is 0.121. The lowest BCUT2D eigenvalue weighted by Crippen LogP contribution is -2.43. The van der Waals surface area contributed by atoms with Crippen LogP contribution >= 0.6 is 0 Å². The standard InChI is InChI=1S/C14H24N8O/c1-7-16-12-18-13(17-9(2)3)20-14(19-12)22(8-15)10(4)11(23)21(5)6/h9-10H,7H2,1-6H3,(H2,16,17,18,19,20)/t10-/m1/s1. The van der Waals surface area contributed by atoms with Crippen LogP contribution in [0.25, 0.3) is 0 Å². The molecule has 0 fully saturated rings. The van der Waals surface area contributed by atoms with Gasteiger partial charge in [-0.05, 0) is 27.7 Å². The van der Waals surface area contributed by atoms with Crippen molar-refractivity contribution in [2.45, 2.75) is 39.8 Å². The van der Waals surface area contributed by atoms with Gasteiger partial charge in [0.1, 0.15) is 6.04 Å². The number of nitrogens with zero attached hydrogens (tertiary/aromatic N) is 6. The molecule has 9 nitrogen and oxygen atoms in total. The van der Waals surface area contributed by atoms with Gasteiger partial charge in [0.05, 0.1) is 0 Å². The third-order valence-electron chi connectivity index (χ3n) is 2.88. The zero-order chi connectivity index (χ0) is 17.6. The van der Waals surface area contributed by atoms with Crippen LogP contribution in [0.4, 0.5) is 17.8 Å². The van der Waals surface area contributed by atoms with Crippen molar-refractivity contribution in [1.29, 1.82) is 5.26 Å². The summed E-state index contributed by atoms with van der Waals surface area (Å²) in [4.78, 5) is 27.4. The second kappa shape index (κ2) is 8.12. The summed E-state index contributed by atoms with van der Waals surface area (Å²) in [6, 6.07) is -0.588. The van der Waals surface area contributed by atoms with Gasteiger partial charge in [-0.15, -0.1) is 0 Å². The van der Waals surface area contributed by atoms with E-state index < -0.39 is 6.04 Å². The van der Waals surface area contributed by atoms with Crippen LogP contribution in [0.15, 0.2) is 0 Å². The smallest absolute Gasteiger partial charge is 0.246 e. The molecule has 0 aliphatic heterocycles. The van der Waals surface area contributed by atoms with Gasteiger partial charge in [0.25, 0.3) is 0 Å². The van der Waals surface area contributed by atoms with Crippen LogP contribution in [0.5, 0.6) is 0 Å². The van der Waals surface area contributed by atoms with Crippen molar-refractivity contribution in [1.82, 2.24) is 19.9 Å². The van der Waals surface area contributed by atoms with Crippen LogP contribution in [0.2, 0.25) is 0 Å². The third kappa shape index (κ3) is 4.95. The van der Waals surface area contributed by atoms with Crippen LogP contribution in [0.3, 0.4) is 0 Å². The van der Waals surface area contributed by atoms with Gasteiger partial charge in [-0.2, -0.15) is 20.2 Å². The number of aromatic nitrogens is 3. The second-order valence-electron chi connectivity index (χ2n) is 5.49. The molecule has 0 spiro atoms. The zero-order valence-corrected chi connectivity index (χ0v) is 14.5. The van der Waals surface area contributed by atoms with Crippen molar-refractivity contribution in [3.8, 4) is 6.19 Å². The summed E-state index contributed by atoms with van der Waals surface area (Å²) in [7, 11) is 3.27. The number of likely N-dealkylation sites (N-methyl/N-ethyl adjacent to an activating group) is 1. The van der Waals surface area contributed by atoms with Gasteiger partial charge in [-0.1, -0.05) is 0 Å². The summed E-state index contributed by atoms with van der Waals surface area (Å²) < 4.78 is 0. The van der Waals surface area contributed by atoms with Gasteiger partial charge in [0, 0.05) is 26.7 Å². The molecule has 1 aromatic rings. The first kappa shape index (κ1) is 18.4. The molecule has 1 rings (SSSR count). The predicted molar refractivity (Wildman–Crippen MR) is 89.0 cm³/mol. The molecule has 1 amide bonds. The minimum atomic E-state index is -0.709. The van der Waals surface area contributed by atoms with Crippen molar-refractivity contribution in [3.05, 3.63) is 0 Å². The molecule has 0 bridgehead atoms. The maximum absolute atomic E-state index is 12.1. The number of hydrogen-bond donors (Lipinski definition) is 2. The maximum Gasteiger partial charge on any atom is 0.246 e. The SMILES string of the molecule is CCNc1nc(NC(C)C)nc(N(C#N)[C@H](C)C(=O)N(C)C)n1. The highest BCUT2D eigenvalue weighted by atomic mass is 16.2. The topological polar surface area (TPSA) is 110 Å². The molecule has 0 saturated carbocycles. The zero-order valence-electron chi connectivity index (χ0n) is 14.5. The van der Waals surface area contributed by atoms with Gasteiger partial charge in [0.15, 0.2) is 6.19 Å². The van der Waals surface area contributed by atoms with Gasteiger partial charge >= 0.3 is 0 Å². The Morgan fingerprint density at radius 3 is 2.30 bits per heavy atom. The van der Waals surface area contributed by atoms with Crippen molar-refractivity contribution in [3.63, 3.8) is 0 Å². The highest BCUT2D eigenvalue weighted by Crippen LogP contribution is 2.16. The van der Waals surface area contributed by atoms with Gasteiger partial charge in [0.2, 0.25) is 23.8 Å². The number of nitriles is 1. The Labute approximate surface area is 136 Å². The second-order valence-corrected chi connectivity index (χ2v) is 5.49. The van der Waals surface area contributed by atoms with Crippen LogP contribution < -0.4 is 15.5 Å². The van der Waals surface area contributed by atoms with Gasteiger partial charge < -0.3 is 15.5 Å². The third-order valence-corrected chi connectivity index (χ3v) is 2.88. The molecule has 0 aliphatic rings. The predicted octanol–water partition coefficient (Wildman–Crippen LogP) is 0.888. The van der Waals surface area contributed by atoms with Crippen LogP contribution in [-0.4, -0.2) is 58.5 Å². The summed E-state index contributed by atoms with van der Waals surface area (Å²) in [6.45, 7) is 8.09. The first-order valence-corrected chi connectivity index (χ1v) is 7.46. The van der Waals surface area contributed by atoms with E-state index >= 15 is 0 Å². The summed E-state index contributed by atoms with van der Waals surface area (Å²) in [5, 5.41) is 15.5. The summed E-state index contributed by atoms with van der Waals surface area (Å²) in [5.74, 6) is 0.621. The average Bonchev–Trinajstić information content (AvgIpc) is 2.46. The van der Waals surface area contributed by atoms with E-state index in [0.29, 0.717) is 18.4 Å².